The second-order valence-corrected chi connectivity index (χ2v) is 16.6. The maximum Gasteiger partial charge on any atom is 0.358 e. The molecule has 4 aromatic heterocycles. The Bertz CT molecular complexity index is 3660. The number of benzene rings is 7. The van der Waals surface area contributed by atoms with E-state index in [1.807, 2.05) is 41.0 Å². The van der Waals surface area contributed by atoms with Crippen LogP contribution in [0, 0.1) is 35.4 Å². The number of fused-ring (bicyclic) bond motifs is 3. The molecule has 13 nitrogen and oxygen atoms in total. The zero-order valence-electron chi connectivity index (χ0n) is 40.9. The van der Waals surface area contributed by atoms with E-state index in [1.54, 1.807) is 67.0 Å². The first-order chi connectivity index (χ1) is 37.9. The Morgan fingerprint density at radius 3 is 1.23 bits per heavy atom. The first-order valence-corrected chi connectivity index (χ1v) is 23.6. The molecule has 7 aromatic carbocycles. The number of hydrogen-bond donors (Lipinski definition) is 6. The van der Waals surface area contributed by atoms with Crippen molar-refractivity contribution >= 4 is 61.5 Å². The Hall–Kier alpha value is -9.45. The number of carbonyl (C=O) groups is 3. The molecule has 0 bridgehead atoms. The number of carboxylic acid groups (broad SMARTS) is 1. The van der Waals surface area contributed by atoms with Gasteiger partial charge in [0.1, 0.15) is 28.7 Å². The van der Waals surface area contributed by atoms with Crippen LogP contribution in [0.15, 0.2) is 207 Å². The summed E-state index contributed by atoms with van der Waals surface area (Å²) in [7, 11) is 0. The van der Waals surface area contributed by atoms with Gasteiger partial charge in [-0.3, -0.25) is 27.2 Å². The summed E-state index contributed by atoms with van der Waals surface area (Å²) in [4.78, 5) is 42.7. The summed E-state index contributed by atoms with van der Waals surface area (Å²) in [6.07, 6.45) is 4.40. The van der Waals surface area contributed by atoms with Gasteiger partial charge in [-0.15, -0.1) is 24.3 Å². The van der Waals surface area contributed by atoms with Crippen LogP contribution in [0.4, 0.5) is 17.6 Å². The van der Waals surface area contributed by atoms with Crippen molar-refractivity contribution < 1.29 is 82.7 Å². The largest absolute Gasteiger partial charge is 0.508 e. The van der Waals surface area contributed by atoms with Crippen molar-refractivity contribution in [2.45, 2.75) is 0 Å². The number of carboxylic acids is 1. The van der Waals surface area contributed by atoms with Crippen molar-refractivity contribution in [2.75, 3.05) is 0 Å². The fourth-order valence-corrected chi connectivity index (χ4v) is 7.25. The third-order valence-corrected chi connectivity index (χ3v) is 10.9. The SMILES string of the molecule is Fc1c[c-]c(-c2ccccn2)c(F)c1.Fc1c[c-]c(-c2ccccn2)c(F)c1.O=C(Cl)c1ccc(C(=O)Cl)cc1.O=C(O)c1ncccc1O.Oc1cc(O)cc(-n2c3ccccc3c3ccccc32)c1.Oc1cccc(O)c1.[Ir]. The summed E-state index contributed by atoms with van der Waals surface area (Å²) < 4.78 is 53.6. The Balaban J connectivity index is 0.000000181. The van der Waals surface area contributed by atoms with Gasteiger partial charge in [0, 0.05) is 108 Å². The van der Waals surface area contributed by atoms with Gasteiger partial charge in [-0.25, -0.2) is 9.78 Å². The van der Waals surface area contributed by atoms with Crippen molar-refractivity contribution in [3.8, 4) is 56.9 Å². The molecule has 0 atom stereocenters. The van der Waals surface area contributed by atoms with Crippen LogP contribution < -0.4 is 0 Å². The van der Waals surface area contributed by atoms with Gasteiger partial charge >= 0.3 is 5.97 Å². The molecular formula is C60H40Cl2F4IrN4O9-2. The normalized spacial score (nSPS) is 9.97. The Morgan fingerprint density at radius 2 is 0.875 bits per heavy atom. The molecule has 1 radical (unpaired) electrons. The molecule has 11 aromatic rings. The van der Waals surface area contributed by atoms with E-state index < -0.39 is 39.7 Å². The summed E-state index contributed by atoms with van der Waals surface area (Å²) in [6.45, 7) is 0. The summed E-state index contributed by atoms with van der Waals surface area (Å²) in [5.41, 5.74) is 4.48. The number of aromatic hydroxyl groups is 5. The minimum Gasteiger partial charge on any atom is -0.508 e. The van der Waals surface area contributed by atoms with Crippen molar-refractivity contribution in [1.82, 2.24) is 19.5 Å². The molecule has 0 aliphatic carbocycles. The average molecular weight is 1300 g/mol. The second kappa shape index (κ2) is 29.9. The van der Waals surface area contributed by atoms with E-state index in [4.69, 9.17) is 43.6 Å². The van der Waals surface area contributed by atoms with Crippen molar-refractivity contribution in [2.24, 2.45) is 0 Å². The first kappa shape index (κ1) is 61.4. The minimum absolute atomic E-state index is 0. The van der Waals surface area contributed by atoms with Crippen LogP contribution >= 0.6 is 23.2 Å². The molecule has 0 saturated carbocycles. The number of pyridine rings is 3. The van der Waals surface area contributed by atoms with Crippen molar-refractivity contribution in [3.63, 3.8) is 0 Å². The molecule has 80 heavy (non-hydrogen) atoms. The van der Waals surface area contributed by atoms with Crippen LogP contribution in [0.2, 0.25) is 0 Å². The number of nitrogens with zero attached hydrogens (tertiary/aromatic N) is 4. The summed E-state index contributed by atoms with van der Waals surface area (Å²) in [6, 6.07) is 54.3. The Morgan fingerprint density at radius 1 is 0.463 bits per heavy atom. The third kappa shape index (κ3) is 17.5. The molecule has 0 saturated heterocycles. The summed E-state index contributed by atoms with van der Waals surface area (Å²) in [5.74, 6) is -3.83. The predicted molar refractivity (Wildman–Crippen MR) is 290 cm³/mol. The molecule has 0 amide bonds. The predicted octanol–water partition coefficient (Wildman–Crippen LogP) is 13.9. The topological polar surface area (TPSA) is 216 Å². The van der Waals surface area contributed by atoms with E-state index in [-0.39, 0.29) is 65.7 Å². The number of aromatic nitrogens is 4. The third-order valence-electron chi connectivity index (χ3n) is 10.4. The molecule has 407 valence electrons. The van der Waals surface area contributed by atoms with Gasteiger partial charge in [0.2, 0.25) is 0 Å². The number of para-hydroxylation sites is 2. The average Bonchev–Trinajstić information content (AvgIpc) is 3.99. The molecular weight excluding hydrogens is 1260 g/mol. The fourth-order valence-electron chi connectivity index (χ4n) is 7.00. The molecule has 11 rings (SSSR count). The van der Waals surface area contributed by atoms with Crippen LogP contribution in [0.25, 0.3) is 50.0 Å². The quantitative estimate of drug-likeness (QED) is 0.0521. The smallest absolute Gasteiger partial charge is 0.358 e. The van der Waals surface area contributed by atoms with Crippen LogP contribution in [0.5, 0.6) is 28.7 Å². The molecule has 0 aliphatic heterocycles. The molecule has 0 aliphatic rings. The van der Waals surface area contributed by atoms with Crippen molar-refractivity contribution in [1.29, 1.82) is 0 Å². The van der Waals surface area contributed by atoms with Crippen molar-refractivity contribution in [3.05, 3.63) is 259 Å². The number of rotatable bonds is 6. The number of phenolic OH excluding ortho intramolecular Hbond substituents is 4. The Labute approximate surface area is 476 Å². The summed E-state index contributed by atoms with van der Waals surface area (Å²) >= 11 is 10.4. The number of aromatic carboxylic acids is 1. The molecule has 0 spiro atoms. The molecule has 0 unspecified atom stereocenters. The number of carbonyl (C=O) groups excluding carboxylic acids is 2. The zero-order chi connectivity index (χ0) is 57.0. The monoisotopic (exact) mass is 1300 g/mol. The molecule has 20 heteroatoms. The fraction of sp³-hybridized carbons (Fsp3) is 0. The van der Waals surface area contributed by atoms with Crippen LogP contribution in [0.1, 0.15) is 31.2 Å². The summed E-state index contributed by atoms with van der Waals surface area (Å²) in [5, 5.41) is 55.2. The van der Waals surface area contributed by atoms with E-state index in [0.29, 0.717) is 22.5 Å². The van der Waals surface area contributed by atoms with Gasteiger partial charge in [-0.1, -0.05) is 90.0 Å². The van der Waals surface area contributed by atoms with Gasteiger partial charge in [-0.2, -0.15) is 0 Å². The van der Waals surface area contributed by atoms with Crippen LogP contribution in [-0.4, -0.2) is 66.6 Å². The van der Waals surface area contributed by atoms with E-state index in [0.717, 1.165) is 51.8 Å². The molecule has 4 heterocycles. The molecule has 0 fully saturated rings. The van der Waals surface area contributed by atoms with Gasteiger partial charge in [0.25, 0.3) is 10.5 Å². The van der Waals surface area contributed by atoms with Gasteiger partial charge < -0.3 is 45.2 Å². The minimum atomic E-state index is -1.22. The number of hydrogen-bond acceptors (Lipinski definition) is 11. The maximum absolute atomic E-state index is 13.2. The molecule has 6 N–H and O–H groups in total. The van der Waals surface area contributed by atoms with E-state index in [2.05, 4.69) is 39.2 Å². The first-order valence-electron chi connectivity index (χ1n) is 22.8. The second-order valence-electron chi connectivity index (χ2n) is 15.9. The number of halogens is 6. The van der Waals surface area contributed by atoms with E-state index in [9.17, 15) is 42.2 Å². The van der Waals surface area contributed by atoms with E-state index >= 15 is 0 Å². The van der Waals surface area contributed by atoms with E-state index in [1.165, 1.54) is 66.9 Å². The Kier molecular flexibility index (Phi) is 22.9. The standard InChI is InChI=1S/C18H13NO2.2C11H6F2N.C8H4Cl2O2.C6H5NO3.C6H6O2.Ir/c20-13-9-12(10-14(21)11-13)19-17-7-3-1-5-15(17)16-6-2-4-8-18(16)19;2*12-8-4-5-9(10(13)7-8)11-3-1-2-6-14-11;9-7(11)5-1-2-6(4-3-5)8(10)12;8-4-2-1-3-7-5(4)6(9)10;7-5-2-1-3-6(8)4-5;/h1-11,20-21H;2*1-4,6-7H;1-4H;1-3,8H,(H,9,10);1-4,7-8H;/q;2*-1;;;;. The van der Waals surface area contributed by atoms with Gasteiger partial charge in [0.15, 0.2) is 5.69 Å². The maximum atomic E-state index is 13.2. The van der Waals surface area contributed by atoms with Gasteiger partial charge in [0.05, 0.1) is 16.7 Å². The van der Waals surface area contributed by atoms with Gasteiger partial charge in [-0.05, 0) is 107 Å². The van der Waals surface area contributed by atoms with Crippen LogP contribution in [0.3, 0.4) is 0 Å². The van der Waals surface area contributed by atoms with Crippen LogP contribution in [-0.2, 0) is 20.1 Å². The number of phenols is 4. The zero-order valence-corrected chi connectivity index (χ0v) is 44.8.